The van der Waals surface area contributed by atoms with E-state index >= 15 is 0 Å². The topological polar surface area (TPSA) is 172 Å². The van der Waals surface area contributed by atoms with Crippen molar-refractivity contribution in [1.82, 2.24) is 14.9 Å². The number of hydrogen-bond donors (Lipinski definition) is 4. The molecule has 2 aromatic carbocycles. The number of ether oxygens (including phenoxy) is 1. The first-order valence-corrected chi connectivity index (χ1v) is 14.3. The molecule has 0 atom stereocenters. The summed E-state index contributed by atoms with van der Waals surface area (Å²) in [5, 5.41) is 9.22. The lowest BCUT2D eigenvalue weighted by Crippen LogP contribution is -2.37. The molecule has 0 saturated carbocycles. The SMILES string of the molecule is CS(=O)(=O)c1cc(C(=O)NC(=N)N)ccc1Oc1ccc(S(=O)(=O)NCCN2CCCCC2)cc1. The van der Waals surface area contributed by atoms with Crippen LogP contribution in [0.25, 0.3) is 0 Å². The van der Waals surface area contributed by atoms with Gasteiger partial charge >= 0.3 is 0 Å². The molecule has 0 bridgehead atoms. The molecule has 1 heterocycles. The van der Waals surface area contributed by atoms with E-state index in [2.05, 4.69) is 14.9 Å². The maximum absolute atomic E-state index is 12.6. The molecule has 3 rings (SSSR count). The van der Waals surface area contributed by atoms with Gasteiger partial charge in [0.25, 0.3) is 5.91 Å². The summed E-state index contributed by atoms with van der Waals surface area (Å²) in [6, 6.07) is 9.32. The molecule has 11 nitrogen and oxygen atoms in total. The lowest BCUT2D eigenvalue weighted by Gasteiger charge is -2.26. The number of sulfone groups is 1. The number of hydrogen-bond acceptors (Lipinski definition) is 8. The van der Waals surface area contributed by atoms with Crippen molar-refractivity contribution < 1.29 is 26.4 Å². The predicted octanol–water partition coefficient (Wildman–Crippen LogP) is 1.27. The van der Waals surface area contributed by atoms with Crippen molar-refractivity contribution in [2.45, 2.75) is 29.1 Å². The molecule has 0 spiro atoms. The Bertz CT molecular complexity index is 1290. The summed E-state index contributed by atoms with van der Waals surface area (Å²) in [6.07, 6.45) is 4.43. The van der Waals surface area contributed by atoms with E-state index in [4.69, 9.17) is 15.9 Å². The molecule has 0 radical (unpaired) electrons. The summed E-state index contributed by atoms with van der Waals surface area (Å²) in [5.74, 6) is -1.14. The fourth-order valence-electron chi connectivity index (χ4n) is 3.64. The highest BCUT2D eigenvalue weighted by atomic mass is 32.2. The zero-order chi connectivity index (χ0) is 25.6. The monoisotopic (exact) mass is 523 g/mol. The Hall–Kier alpha value is -3.00. The number of nitrogens with two attached hydrogens (primary N) is 1. The average molecular weight is 524 g/mol. The van der Waals surface area contributed by atoms with Crippen LogP contribution in [0.5, 0.6) is 11.5 Å². The number of piperidine rings is 1. The Labute approximate surface area is 205 Å². The lowest BCUT2D eigenvalue weighted by atomic mass is 10.1. The van der Waals surface area contributed by atoms with Crippen LogP contribution >= 0.6 is 0 Å². The number of guanidine groups is 1. The Morgan fingerprint density at radius 2 is 1.71 bits per heavy atom. The van der Waals surface area contributed by atoms with Gasteiger partial charge in [-0.2, -0.15) is 0 Å². The van der Waals surface area contributed by atoms with Gasteiger partial charge in [0.15, 0.2) is 15.8 Å². The van der Waals surface area contributed by atoms with E-state index in [-0.39, 0.29) is 26.9 Å². The molecule has 0 aliphatic carbocycles. The molecule has 0 unspecified atom stereocenters. The number of likely N-dealkylation sites (tertiary alicyclic amines) is 1. The molecule has 1 amide bonds. The molecular weight excluding hydrogens is 494 g/mol. The van der Waals surface area contributed by atoms with Crippen molar-refractivity contribution in [3.05, 3.63) is 48.0 Å². The van der Waals surface area contributed by atoms with Crippen LogP contribution in [0.1, 0.15) is 29.6 Å². The summed E-state index contributed by atoms with van der Waals surface area (Å²) in [4.78, 5) is 14.1. The van der Waals surface area contributed by atoms with Gasteiger partial charge in [-0.1, -0.05) is 6.42 Å². The zero-order valence-electron chi connectivity index (χ0n) is 19.3. The van der Waals surface area contributed by atoms with Gasteiger partial charge in [-0.3, -0.25) is 15.5 Å². The molecule has 1 aliphatic heterocycles. The Morgan fingerprint density at radius 1 is 1.06 bits per heavy atom. The molecule has 35 heavy (non-hydrogen) atoms. The van der Waals surface area contributed by atoms with Crippen molar-refractivity contribution in [3.8, 4) is 11.5 Å². The van der Waals surface area contributed by atoms with Crippen LogP contribution in [0, 0.1) is 5.41 Å². The first-order chi connectivity index (χ1) is 16.5. The third-order valence-electron chi connectivity index (χ3n) is 5.38. The van der Waals surface area contributed by atoms with Crippen molar-refractivity contribution in [3.63, 3.8) is 0 Å². The Balaban J connectivity index is 1.71. The molecule has 0 aromatic heterocycles. The Kier molecular flexibility index (Phi) is 8.48. The summed E-state index contributed by atoms with van der Waals surface area (Å²) >= 11 is 0. The van der Waals surface area contributed by atoms with Gasteiger partial charge in [-0.25, -0.2) is 21.6 Å². The maximum Gasteiger partial charge on any atom is 0.257 e. The molecular formula is C22H29N5O6S2. The van der Waals surface area contributed by atoms with Crippen molar-refractivity contribution >= 4 is 31.7 Å². The van der Waals surface area contributed by atoms with Crippen molar-refractivity contribution in [2.75, 3.05) is 32.4 Å². The van der Waals surface area contributed by atoms with Crippen LogP contribution in [0.2, 0.25) is 0 Å². The highest BCUT2D eigenvalue weighted by Crippen LogP contribution is 2.30. The minimum absolute atomic E-state index is 0.0231. The first kappa shape index (κ1) is 26.6. The minimum Gasteiger partial charge on any atom is -0.456 e. The highest BCUT2D eigenvalue weighted by molar-refractivity contribution is 7.90. The third kappa shape index (κ3) is 7.49. The molecule has 13 heteroatoms. The highest BCUT2D eigenvalue weighted by Gasteiger charge is 2.20. The van der Waals surface area contributed by atoms with Crippen LogP contribution in [-0.4, -0.2) is 66.0 Å². The van der Waals surface area contributed by atoms with Gasteiger partial charge in [-0.15, -0.1) is 0 Å². The third-order valence-corrected chi connectivity index (χ3v) is 7.98. The molecule has 2 aromatic rings. The predicted molar refractivity (Wildman–Crippen MR) is 131 cm³/mol. The molecule has 5 N–H and O–H groups in total. The smallest absolute Gasteiger partial charge is 0.257 e. The summed E-state index contributed by atoms with van der Waals surface area (Å²) in [5.41, 5.74) is 5.13. The summed E-state index contributed by atoms with van der Waals surface area (Å²) in [6.45, 7) is 2.91. The van der Waals surface area contributed by atoms with E-state index < -0.39 is 31.7 Å². The van der Waals surface area contributed by atoms with E-state index in [0.29, 0.717) is 13.1 Å². The zero-order valence-corrected chi connectivity index (χ0v) is 20.9. The summed E-state index contributed by atoms with van der Waals surface area (Å²) in [7, 11) is -7.50. The van der Waals surface area contributed by atoms with E-state index in [1.165, 1.54) is 42.8 Å². The van der Waals surface area contributed by atoms with Gasteiger partial charge < -0.3 is 15.4 Å². The molecule has 1 fully saturated rings. The van der Waals surface area contributed by atoms with E-state index in [1.54, 1.807) is 0 Å². The number of amides is 1. The van der Waals surface area contributed by atoms with Gasteiger partial charge in [0.2, 0.25) is 10.0 Å². The Morgan fingerprint density at radius 3 is 2.31 bits per heavy atom. The fourth-order valence-corrected chi connectivity index (χ4v) is 5.47. The second-order valence-corrected chi connectivity index (χ2v) is 11.9. The van der Waals surface area contributed by atoms with Crippen LogP contribution in [0.3, 0.4) is 0 Å². The van der Waals surface area contributed by atoms with Gasteiger partial charge in [0.05, 0.1) is 4.90 Å². The van der Waals surface area contributed by atoms with Crippen LogP contribution in [-0.2, 0) is 19.9 Å². The fraction of sp³-hybridized carbons (Fsp3) is 0.364. The standard InChI is InChI=1S/C22H29N5O6S2/c1-34(29,30)20-15-16(21(28)26-22(23)24)5-10-19(20)33-17-6-8-18(9-7-17)35(31,32)25-11-14-27-12-3-2-4-13-27/h5-10,15,25H,2-4,11-14H2,1H3,(H4,23,24,26,28). The molecule has 190 valence electrons. The van der Waals surface area contributed by atoms with Crippen molar-refractivity contribution in [1.29, 1.82) is 5.41 Å². The van der Waals surface area contributed by atoms with Crippen LogP contribution in [0.15, 0.2) is 52.3 Å². The van der Waals surface area contributed by atoms with Crippen molar-refractivity contribution in [2.24, 2.45) is 5.73 Å². The number of rotatable bonds is 9. The normalized spacial score (nSPS) is 14.9. The number of nitrogens with one attached hydrogen (secondary N) is 3. The summed E-state index contributed by atoms with van der Waals surface area (Å²) < 4.78 is 58.0. The lowest BCUT2D eigenvalue weighted by molar-refractivity contribution is 0.0976. The van der Waals surface area contributed by atoms with E-state index in [0.717, 1.165) is 38.3 Å². The number of sulfonamides is 1. The average Bonchev–Trinajstić information content (AvgIpc) is 2.79. The number of benzene rings is 2. The number of carbonyl (C=O) groups excluding carboxylic acids is 1. The molecule has 1 saturated heterocycles. The largest absolute Gasteiger partial charge is 0.456 e. The van der Waals surface area contributed by atoms with Gasteiger partial charge in [-0.05, 0) is 68.4 Å². The quantitative estimate of drug-likeness (QED) is 0.281. The van der Waals surface area contributed by atoms with Crippen LogP contribution < -0.4 is 20.5 Å². The number of carbonyl (C=O) groups is 1. The van der Waals surface area contributed by atoms with Gasteiger partial charge in [0.1, 0.15) is 16.4 Å². The second kappa shape index (κ2) is 11.2. The first-order valence-electron chi connectivity index (χ1n) is 10.9. The maximum atomic E-state index is 12.6. The second-order valence-electron chi connectivity index (χ2n) is 8.18. The minimum atomic E-state index is -3.79. The number of nitrogens with zero attached hydrogens (tertiary/aromatic N) is 1. The molecule has 1 aliphatic rings. The van der Waals surface area contributed by atoms with Crippen LogP contribution in [0.4, 0.5) is 0 Å². The van der Waals surface area contributed by atoms with E-state index in [9.17, 15) is 21.6 Å². The van der Waals surface area contributed by atoms with E-state index in [1.807, 2.05) is 0 Å². The van der Waals surface area contributed by atoms with Gasteiger partial charge in [0, 0.05) is 24.9 Å².